The topological polar surface area (TPSA) is 58.4 Å². The van der Waals surface area contributed by atoms with Gasteiger partial charge in [0.25, 0.3) is 0 Å². The Bertz CT molecular complexity index is 489. The molecular weight excluding hydrogens is 258 g/mol. The van der Waals surface area contributed by atoms with Crippen LogP contribution < -0.4 is 11.1 Å². The van der Waals surface area contributed by atoms with Crippen LogP contribution in [0, 0.1) is 0 Å². The van der Waals surface area contributed by atoms with Gasteiger partial charge in [-0.2, -0.15) is 0 Å². The zero-order valence-corrected chi connectivity index (χ0v) is 11.9. The molecule has 1 amide bonds. The van der Waals surface area contributed by atoms with E-state index in [1.165, 1.54) is 5.56 Å². The normalized spacial score (nSPS) is 18.6. The largest absolute Gasteiger partial charge is 0.392 e. The first-order valence-corrected chi connectivity index (χ1v) is 6.93. The van der Waals surface area contributed by atoms with Crippen LogP contribution in [0.25, 0.3) is 0 Å². The van der Waals surface area contributed by atoms with Gasteiger partial charge in [0.2, 0.25) is 5.91 Å². The second-order valence-corrected chi connectivity index (χ2v) is 5.25. The van der Waals surface area contributed by atoms with E-state index in [2.05, 4.69) is 11.4 Å². The molecule has 1 aromatic carbocycles. The summed E-state index contributed by atoms with van der Waals surface area (Å²) in [4.78, 5) is 14.8. The first kappa shape index (κ1) is 14.0. The molecule has 19 heavy (non-hydrogen) atoms. The van der Waals surface area contributed by atoms with Crippen LogP contribution in [-0.2, 0) is 11.2 Å². The molecule has 1 aliphatic heterocycles. The van der Waals surface area contributed by atoms with Gasteiger partial charge in [-0.05, 0) is 31.0 Å². The van der Waals surface area contributed by atoms with Gasteiger partial charge in [0.15, 0.2) is 0 Å². The predicted octanol–water partition coefficient (Wildman–Crippen LogP) is 1.55. The number of nitrogens with two attached hydrogens (primary N) is 1. The van der Waals surface area contributed by atoms with E-state index in [1.807, 2.05) is 30.0 Å². The van der Waals surface area contributed by atoms with E-state index in [-0.39, 0.29) is 11.9 Å². The summed E-state index contributed by atoms with van der Waals surface area (Å²) in [6.07, 6.45) is 1.67. The number of likely N-dealkylation sites (N-methyl/N-ethyl adjacent to an activating group) is 1. The molecule has 2 rings (SSSR count). The van der Waals surface area contributed by atoms with Crippen molar-refractivity contribution in [3.8, 4) is 0 Å². The van der Waals surface area contributed by atoms with E-state index in [1.54, 1.807) is 0 Å². The van der Waals surface area contributed by atoms with Crippen LogP contribution in [0.5, 0.6) is 0 Å². The lowest BCUT2D eigenvalue weighted by Crippen LogP contribution is -2.46. The fraction of sp³-hybridized carbons (Fsp3) is 0.429. The highest BCUT2D eigenvalue weighted by Crippen LogP contribution is 2.23. The quantitative estimate of drug-likeness (QED) is 0.820. The van der Waals surface area contributed by atoms with Crippen LogP contribution >= 0.6 is 12.2 Å². The molecule has 1 atom stereocenters. The summed E-state index contributed by atoms with van der Waals surface area (Å²) in [5, 5.41) is 3.00. The molecule has 0 bridgehead atoms. The summed E-state index contributed by atoms with van der Waals surface area (Å²) in [7, 11) is 0. The summed E-state index contributed by atoms with van der Waals surface area (Å²) in [6, 6.07) is 7.77. The van der Waals surface area contributed by atoms with E-state index in [0.29, 0.717) is 11.5 Å². The van der Waals surface area contributed by atoms with Gasteiger partial charge in [-0.15, -0.1) is 0 Å². The van der Waals surface area contributed by atoms with Crippen molar-refractivity contribution >= 4 is 28.8 Å². The average molecular weight is 277 g/mol. The van der Waals surface area contributed by atoms with E-state index in [4.69, 9.17) is 18.0 Å². The van der Waals surface area contributed by atoms with Crippen molar-refractivity contribution in [1.29, 1.82) is 0 Å². The molecule has 4 nitrogen and oxygen atoms in total. The van der Waals surface area contributed by atoms with Crippen molar-refractivity contribution < 1.29 is 4.79 Å². The van der Waals surface area contributed by atoms with Gasteiger partial charge < -0.3 is 11.1 Å². The van der Waals surface area contributed by atoms with Gasteiger partial charge in [0, 0.05) is 12.2 Å². The lowest BCUT2D eigenvalue weighted by Gasteiger charge is -2.27. The molecule has 0 radical (unpaired) electrons. The van der Waals surface area contributed by atoms with Crippen LogP contribution in [0.15, 0.2) is 24.3 Å². The van der Waals surface area contributed by atoms with Crippen LogP contribution in [-0.4, -0.2) is 34.9 Å². The highest BCUT2D eigenvalue weighted by Gasteiger charge is 2.28. The minimum atomic E-state index is -0.168. The molecule has 5 heteroatoms. The highest BCUT2D eigenvalue weighted by molar-refractivity contribution is 7.80. The molecule has 0 aliphatic carbocycles. The maximum atomic E-state index is 12.3. The van der Waals surface area contributed by atoms with Crippen LogP contribution in [0.3, 0.4) is 0 Å². The fourth-order valence-corrected chi connectivity index (χ4v) is 2.66. The molecule has 0 fully saturated rings. The summed E-state index contributed by atoms with van der Waals surface area (Å²) >= 11 is 4.95. The Morgan fingerprint density at radius 1 is 1.53 bits per heavy atom. The maximum absolute atomic E-state index is 12.3. The number of carbonyl (C=O) groups is 1. The number of anilines is 1. The smallest absolute Gasteiger partial charge is 0.241 e. The third-order valence-corrected chi connectivity index (χ3v) is 3.60. The monoisotopic (exact) mass is 277 g/mol. The minimum absolute atomic E-state index is 0.0306. The van der Waals surface area contributed by atoms with E-state index in [0.717, 1.165) is 25.1 Å². The number of para-hydroxylation sites is 1. The molecule has 102 valence electrons. The van der Waals surface area contributed by atoms with Gasteiger partial charge in [-0.3, -0.25) is 9.69 Å². The third kappa shape index (κ3) is 3.30. The van der Waals surface area contributed by atoms with Crippen LogP contribution in [0.4, 0.5) is 5.69 Å². The second kappa shape index (κ2) is 6.12. The highest BCUT2D eigenvalue weighted by atomic mass is 32.1. The Morgan fingerprint density at radius 3 is 2.95 bits per heavy atom. The minimum Gasteiger partial charge on any atom is -0.392 e. The molecule has 0 aromatic heterocycles. The van der Waals surface area contributed by atoms with Crippen molar-refractivity contribution in [3.63, 3.8) is 0 Å². The summed E-state index contributed by atoms with van der Waals surface area (Å²) in [6.45, 7) is 3.26. The number of nitrogens with one attached hydrogen (secondary N) is 1. The number of rotatable bonds is 4. The number of hydrogen-bond donors (Lipinski definition) is 2. The van der Waals surface area contributed by atoms with Crippen molar-refractivity contribution in [1.82, 2.24) is 4.90 Å². The standard InChI is InChI=1S/C14H19N3OS/c1-2-17(9-13(15)19)12-8-7-10-5-3-4-6-11(10)16-14(12)18/h3-6,12H,2,7-9H2,1H3,(H2,15,19)(H,16,18). The number of hydrogen-bond acceptors (Lipinski definition) is 3. The van der Waals surface area contributed by atoms with Crippen molar-refractivity contribution in [2.75, 3.05) is 18.4 Å². The second-order valence-electron chi connectivity index (χ2n) is 4.73. The van der Waals surface area contributed by atoms with Gasteiger partial charge in [0.05, 0.1) is 11.0 Å². The Hall–Kier alpha value is -1.46. The predicted molar refractivity (Wildman–Crippen MR) is 81.2 cm³/mol. The van der Waals surface area contributed by atoms with Crippen molar-refractivity contribution in [3.05, 3.63) is 29.8 Å². The molecule has 1 unspecified atom stereocenters. The Labute approximate surface area is 119 Å². The molecule has 0 spiro atoms. The Kier molecular flexibility index (Phi) is 4.50. The number of fused-ring (bicyclic) bond motifs is 1. The summed E-state index contributed by atoms with van der Waals surface area (Å²) in [5.41, 5.74) is 7.71. The van der Waals surface area contributed by atoms with E-state index < -0.39 is 0 Å². The maximum Gasteiger partial charge on any atom is 0.241 e. The molecule has 0 saturated carbocycles. The molecule has 0 saturated heterocycles. The third-order valence-electron chi connectivity index (χ3n) is 3.47. The lowest BCUT2D eigenvalue weighted by molar-refractivity contribution is -0.121. The number of thiocarbonyl (C=S) groups is 1. The number of aryl methyl sites for hydroxylation is 1. The zero-order valence-electron chi connectivity index (χ0n) is 11.1. The molecule has 1 aliphatic rings. The Morgan fingerprint density at radius 2 is 2.26 bits per heavy atom. The van der Waals surface area contributed by atoms with Crippen LogP contribution in [0.2, 0.25) is 0 Å². The molecule has 1 aromatic rings. The van der Waals surface area contributed by atoms with Crippen molar-refractivity contribution in [2.24, 2.45) is 5.73 Å². The summed E-state index contributed by atoms with van der Waals surface area (Å²) < 4.78 is 0. The first-order chi connectivity index (χ1) is 9.11. The SMILES string of the molecule is CCN(CC(N)=S)C1CCc2ccccc2NC1=O. The number of benzene rings is 1. The lowest BCUT2D eigenvalue weighted by atomic mass is 10.0. The van der Waals surface area contributed by atoms with Gasteiger partial charge >= 0.3 is 0 Å². The fourth-order valence-electron chi connectivity index (χ4n) is 2.49. The zero-order chi connectivity index (χ0) is 13.8. The molecule has 3 N–H and O–H groups in total. The van der Waals surface area contributed by atoms with Crippen LogP contribution in [0.1, 0.15) is 18.9 Å². The van der Waals surface area contributed by atoms with E-state index in [9.17, 15) is 4.79 Å². The van der Waals surface area contributed by atoms with Crippen molar-refractivity contribution in [2.45, 2.75) is 25.8 Å². The Balaban J connectivity index is 2.17. The van der Waals surface area contributed by atoms with Gasteiger partial charge in [-0.1, -0.05) is 37.3 Å². The summed E-state index contributed by atoms with van der Waals surface area (Å²) in [5.74, 6) is 0.0306. The van der Waals surface area contributed by atoms with E-state index >= 15 is 0 Å². The molecular formula is C14H19N3OS. The first-order valence-electron chi connectivity index (χ1n) is 6.53. The number of nitrogens with zero attached hydrogens (tertiary/aromatic N) is 1. The number of amides is 1. The average Bonchev–Trinajstić information content (AvgIpc) is 2.54. The molecule has 1 heterocycles. The van der Waals surface area contributed by atoms with Gasteiger partial charge in [0.1, 0.15) is 0 Å². The number of carbonyl (C=O) groups excluding carboxylic acids is 1. The van der Waals surface area contributed by atoms with Gasteiger partial charge in [-0.25, -0.2) is 0 Å².